The quantitative estimate of drug-likeness (QED) is 0.778. The summed E-state index contributed by atoms with van der Waals surface area (Å²) in [6, 6.07) is 2.48. The van der Waals surface area contributed by atoms with E-state index < -0.39 is 23.7 Å². The molecule has 0 aromatic heterocycles. The molecular formula is C12H15BrClF3N2OS. The van der Waals surface area contributed by atoms with Crippen LogP contribution in [0.4, 0.5) is 18.9 Å². The third kappa shape index (κ3) is 6.90. The number of rotatable bonds is 5. The van der Waals surface area contributed by atoms with E-state index in [9.17, 15) is 18.0 Å². The van der Waals surface area contributed by atoms with Crippen molar-refractivity contribution < 1.29 is 18.0 Å². The monoisotopic (exact) mass is 406 g/mol. The van der Waals surface area contributed by atoms with Gasteiger partial charge in [0.2, 0.25) is 5.91 Å². The van der Waals surface area contributed by atoms with Crippen molar-refractivity contribution in [1.29, 1.82) is 0 Å². The Bertz CT molecular complexity index is 488. The maximum absolute atomic E-state index is 12.6. The SMILES string of the molecule is CSCC[C@H](N)C(=O)Nc1cc(Br)cc(C(F)(F)F)c1.Cl. The fraction of sp³-hybridized carbons (Fsp3) is 0.417. The summed E-state index contributed by atoms with van der Waals surface area (Å²) in [4.78, 5) is 11.7. The first-order valence-corrected chi connectivity index (χ1v) is 7.86. The van der Waals surface area contributed by atoms with Crippen LogP contribution in [-0.4, -0.2) is 24.0 Å². The topological polar surface area (TPSA) is 55.1 Å². The number of hydrogen-bond donors (Lipinski definition) is 2. The van der Waals surface area contributed by atoms with Crippen LogP contribution in [0.25, 0.3) is 0 Å². The van der Waals surface area contributed by atoms with Crippen LogP contribution in [0.1, 0.15) is 12.0 Å². The summed E-state index contributed by atoms with van der Waals surface area (Å²) in [5.41, 5.74) is 4.89. The van der Waals surface area contributed by atoms with E-state index >= 15 is 0 Å². The lowest BCUT2D eigenvalue weighted by molar-refractivity contribution is -0.137. The van der Waals surface area contributed by atoms with Gasteiger partial charge >= 0.3 is 6.18 Å². The van der Waals surface area contributed by atoms with E-state index in [0.717, 1.165) is 12.1 Å². The molecule has 0 saturated carbocycles. The highest BCUT2D eigenvalue weighted by atomic mass is 79.9. The number of amides is 1. The average Bonchev–Trinajstić information content (AvgIpc) is 2.34. The van der Waals surface area contributed by atoms with Crippen LogP contribution in [0.15, 0.2) is 22.7 Å². The number of carbonyl (C=O) groups is 1. The Balaban J connectivity index is 0.00000400. The molecule has 1 aromatic carbocycles. The molecule has 0 radical (unpaired) electrons. The van der Waals surface area contributed by atoms with Crippen molar-refractivity contribution in [3.05, 3.63) is 28.2 Å². The summed E-state index contributed by atoms with van der Waals surface area (Å²) in [6.45, 7) is 0. The van der Waals surface area contributed by atoms with Gasteiger partial charge in [-0.1, -0.05) is 15.9 Å². The van der Waals surface area contributed by atoms with E-state index in [1.54, 1.807) is 11.8 Å². The zero-order valence-corrected chi connectivity index (χ0v) is 14.3. The van der Waals surface area contributed by atoms with Gasteiger partial charge in [0, 0.05) is 10.2 Å². The number of hydrogen-bond acceptors (Lipinski definition) is 3. The molecule has 3 N–H and O–H groups in total. The number of nitrogens with two attached hydrogens (primary N) is 1. The van der Waals surface area contributed by atoms with Gasteiger partial charge in [0.15, 0.2) is 0 Å². The highest BCUT2D eigenvalue weighted by Gasteiger charge is 2.31. The third-order valence-electron chi connectivity index (χ3n) is 2.46. The fourth-order valence-electron chi connectivity index (χ4n) is 1.44. The minimum absolute atomic E-state index is 0. The van der Waals surface area contributed by atoms with Crippen LogP contribution in [0, 0.1) is 0 Å². The number of alkyl halides is 3. The summed E-state index contributed by atoms with van der Waals surface area (Å²) in [7, 11) is 0. The Hall–Kier alpha value is -0.440. The maximum Gasteiger partial charge on any atom is 0.416 e. The molecule has 0 bridgehead atoms. The van der Waals surface area contributed by atoms with Crippen molar-refractivity contribution in [3.63, 3.8) is 0 Å². The molecule has 21 heavy (non-hydrogen) atoms. The van der Waals surface area contributed by atoms with Crippen LogP contribution in [0.3, 0.4) is 0 Å². The third-order valence-corrected chi connectivity index (χ3v) is 3.56. The number of halogens is 5. The van der Waals surface area contributed by atoms with Gasteiger partial charge in [-0.2, -0.15) is 24.9 Å². The zero-order chi connectivity index (χ0) is 15.3. The molecular weight excluding hydrogens is 393 g/mol. The predicted molar refractivity (Wildman–Crippen MR) is 86.0 cm³/mol. The highest BCUT2D eigenvalue weighted by Crippen LogP contribution is 2.33. The minimum Gasteiger partial charge on any atom is -0.325 e. The molecule has 0 aliphatic heterocycles. The lowest BCUT2D eigenvalue weighted by Gasteiger charge is -2.14. The molecule has 0 aliphatic rings. The average molecular weight is 408 g/mol. The molecule has 0 heterocycles. The summed E-state index contributed by atoms with van der Waals surface area (Å²) in [6.07, 6.45) is -2.12. The summed E-state index contributed by atoms with van der Waals surface area (Å²) >= 11 is 4.53. The van der Waals surface area contributed by atoms with Crippen LogP contribution in [0.2, 0.25) is 0 Å². The van der Waals surface area contributed by atoms with E-state index in [4.69, 9.17) is 5.73 Å². The Morgan fingerprint density at radius 2 is 2.05 bits per heavy atom. The summed E-state index contributed by atoms with van der Waals surface area (Å²) in [5.74, 6) is 0.214. The normalized spacial score (nSPS) is 12.5. The van der Waals surface area contributed by atoms with Gasteiger partial charge in [0.05, 0.1) is 11.6 Å². The minimum atomic E-state index is -4.47. The smallest absolute Gasteiger partial charge is 0.325 e. The molecule has 9 heteroatoms. The number of carbonyl (C=O) groups excluding carboxylic acids is 1. The van der Waals surface area contributed by atoms with Crippen LogP contribution in [0.5, 0.6) is 0 Å². The van der Waals surface area contributed by atoms with Crippen molar-refractivity contribution in [2.75, 3.05) is 17.3 Å². The molecule has 3 nitrogen and oxygen atoms in total. The van der Waals surface area contributed by atoms with Crippen molar-refractivity contribution in [3.8, 4) is 0 Å². The summed E-state index contributed by atoms with van der Waals surface area (Å²) < 4.78 is 38.2. The molecule has 0 unspecified atom stereocenters. The van der Waals surface area contributed by atoms with Gasteiger partial charge in [-0.3, -0.25) is 4.79 Å². The van der Waals surface area contributed by atoms with Gasteiger partial charge < -0.3 is 11.1 Å². The lowest BCUT2D eigenvalue weighted by atomic mass is 10.1. The van der Waals surface area contributed by atoms with Crippen molar-refractivity contribution in [2.45, 2.75) is 18.6 Å². The molecule has 0 fully saturated rings. The number of thioether (sulfide) groups is 1. The Morgan fingerprint density at radius 3 is 2.57 bits per heavy atom. The van der Waals surface area contributed by atoms with Gasteiger partial charge in [0.25, 0.3) is 0 Å². The van der Waals surface area contributed by atoms with Crippen molar-refractivity contribution >= 4 is 51.7 Å². The summed E-state index contributed by atoms with van der Waals surface area (Å²) in [5, 5.41) is 2.40. The molecule has 0 saturated heterocycles. The molecule has 1 atom stereocenters. The highest BCUT2D eigenvalue weighted by molar-refractivity contribution is 9.10. The van der Waals surface area contributed by atoms with Crippen molar-refractivity contribution in [1.82, 2.24) is 0 Å². The molecule has 0 spiro atoms. The molecule has 120 valence electrons. The second-order valence-corrected chi connectivity index (χ2v) is 6.00. The second-order valence-electron chi connectivity index (χ2n) is 4.10. The zero-order valence-electron chi connectivity index (χ0n) is 11.0. The van der Waals surface area contributed by atoms with Gasteiger partial charge in [-0.15, -0.1) is 12.4 Å². The van der Waals surface area contributed by atoms with E-state index in [1.807, 2.05) is 6.26 Å². The second kappa shape index (κ2) is 8.87. The first-order valence-electron chi connectivity index (χ1n) is 5.67. The van der Waals surface area contributed by atoms with Crippen molar-refractivity contribution in [2.24, 2.45) is 5.73 Å². The van der Waals surface area contributed by atoms with E-state index in [-0.39, 0.29) is 22.6 Å². The Morgan fingerprint density at radius 1 is 1.43 bits per heavy atom. The lowest BCUT2D eigenvalue weighted by Crippen LogP contribution is -2.36. The number of anilines is 1. The molecule has 0 aliphatic carbocycles. The van der Waals surface area contributed by atoms with Gasteiger partial charge in [0.1, 0.15) is 0 Å². The Labute approximate surface area is 139 Å². The first kappa shape index (κ1) is 20.6. The fourth-order valence-corrected chi connectivity index (χ4v) is 2.42. The number of nitrogens with one attached hydrogen (secondary N) is 1. The van der Waals surface area contributed by atoms with E-state index in [0.29, 0.717) is 12.2 Å². The van der Waals surface area contributed by atoms with Crippen LogP contribution in [-0.2, 0) is 11.0 Å². The van der Waals surface area contributed by atoms with E-state index in [1.165, 1.54) is 6.07 Å². The molecule has 1 aromatic rings. The maximum atomic E-state index is 12.6. The first-order chi connectivity index (χ1) is 9.24. The van der Waals surface area contributed by atoms with Crippen LogP contribution < -0.4 is 11.1 Å². The van der Waals surface area contributed by atoms with Gasteiger partial charge in [-0.25, -0.2) is 0 Å². The van der Waals surface area contributed by atoms with E-state index in [2.05, 4.69) is 21.2 Å². The molecule has 1 rings (SSSR count). The number of benzene rings is 1. The predicted octanol–water partition coefficient (Wildman–Crippen LogP) is 3.91. The van der Waals surface area contributed by atoms with Crippen LogP contribution >= 0.6 is 40.1 Å². The van der Waals surface area contributed by atoms with Gasteiger partial charge in [-0.05, 0) is 36.6 Å². The molecule has 1 amide bonds. The largest absolute Gasteiger partial charge is 0.416 e. The standard InChI is InChI=1S/C12H14BrF3N2OS.ClH/c1-20-3-2-10(17)11(19)18-9-5-7(12(14,15)16)4-8(13)6-9;/h4-6,10H,2-3,17H2,1H3,(H,18,19);1H/t10-;/m0./s1. The Kier molecular flexibility index (Phi) is 8.69.